The van der Waals surface area contributed by atoms with Crippen LogP contribution in [-0.4, -0.2) is 298 Å². The second kappa shape index (κ2) is 45.4. The number of hydrogen-bond acceptors (Lipinski definition) is 37. The first-order valence-corrected chi connectivity index (χ1v) is 52.1. The number of aliphatic hydroxyl groups is 3. The molecule has 12 heterocycles. The number of ether oxygens (including phenoxy) is 10. The summed E-state index contributed by atoms with van der Waals surface area (Å²) in [5.41, 5.74) is 8.28. The number of pyridine rings is 2. The van der Waals surface area contributed by atoms with Crippen LogP contribution in [0.2, 0.25) is 0 Å². The van der Waals surface area contributed by atoms with E-state index in [1.165, 1.54) is 134 Å². The van der Waals surface area contributed by atoms with E-state index in [1.807, 2.05) is 0 Å². The summed E-state index contributed by atoms with van der Waals surface area (Å²) in [4.78, 5) is 93.5. The van der Waals surface area contributed by atoms with Gasteiger partial charge in [0, 0.05) is 45.1 Å². The number of alkyl halides is 5. The zero-order chi connectivity index (χ0) is 103. The van der Waals surface area contributed by atoms with Crippen molar-refractivity contribution in [2.75, 3.05) is 105 Å². The van der Waals surface area contributed by atoms with E-state index in [4.69, 9.17) is 83.5 Å². The van der Waals surface area contributed by atoms with Gasteiger partial charge in [-0.25, -0.2) is 93.7 Å². The molecule has 0 aromatic carbocycles. The molecule has 0 radical (unpaired) electrons. The Morgan fingerprint density at radius 2 is 0.812 bits per heavy atom. The molecule has 768 valence electrons. The first kappa shape index (κ1) is 112. The fraction of sp³-hybridized carbons (Fsp3) is 0.675. The Bertz CT molecular complexity index is 5850. The highest BCUT2D eigenvalue weighted by atomic mass is 31.2. The lowest BCUT2D eigenvalue weighted by molar-refractivity contribution is -0.152. The lowest BCUT2D eigenvalue weighted by Crippen LogP contribution is -2.47. The molecule has 7 unspecified atom stereocenters. The van der Waals surface area contributed by atoms with Gasteiger partial charge in [0.15, 0.2) is 71.1 Å². The van der Waals surface area contributed by atoms with Crippen molar-refractivity contribution in [2.45, 2.75) is 247 Å². The van der Waals surface area contributed by atoms with Crippen LogP contribution < -0.4 is 41.3 Å². The monoisotopic (exact) mass is 2040 g/mol. The van der Waals surface area contributed by atoms with Crippen LogP contribution in [0.4, 0.5) is 33.5 Å². The summed E-state index contributed by atoms with van der Waals surface area (Å²) >= 11 is 0. The minimum Gasteiger partial charge on any atom is -0.494 e. The molecular formula is C83H126F5N21O25P4. The number of esters is 4. The molecule has 55 heteroatoms. The van der Waals surface area contributed by atoms with Crippen LogP contribution in [0, 0.1) is 42.1 Å². The van der Waals surface area contributed by atoms with Crippen LogP contribution in [0.3, 0.4) is 0 Å². The minimum atomic E-state index is -3.64. The predicted molar refractivity (Wildman–Crippen MR) is 491 cm³/mol. The van der Waals surface area contributed by atoms with Gasteiger partial charge in [0.2, 0.25) is 18.7 Å². The van der Waals surface area contributed by atoms with E-state index in [-0.39, 0.29) is 79.3 Å². The smallest absolute Gasteiger partial charge is 0.323 e. The second-order valence-electron chi connectivity index (χ2n) is 36.1. The maximum Gasteiger partial charge on any atom is 0.323 e. The minimum absolute atomic E-state index is 0.0897. The van der Waals surface area contributed by atoms with E-state index in [1.54, 1.807) is 82.2 Å². The summed E-state index contributed by atoms with van der Waals surface area (Å²) in [5.74, 6) is -4.28. The number of nitrogen functional groups attached to an aromatic ring is 2. The average Bonchev–Trinajstić information content (AvgIpc) is 1.11. The maximum atomic E-state index is 15.9. The molecule has 4 saturated heterocycles. The molecule has 0 bridgehead atoms. The quantitative estimate of drug-likeness (QED) is 0.00571. The summed E-state index contributed by atoms with van der Waals surface area (Å²) < 4.78 is 212. The molecule has 11 N–H and O–H groups in total. The van der Waals surface area contributed by atoms with Crippen molar-refractivity contribution in [3.05, 3.63) is 72.9 Å². The summed E-state index contributed by atoms with van der Waals surface area (Å²) in [6.45, 7) is 37.5. The van der Waals surface area contributed by atoms with Crippen LogP contribution in [0.5, 0.6) is 11.6 Å². The Morgan fingerprint density at radius 3 is 1.20 bits per heavy atom. The third-order valence-electron chi connectivity index (χ3n) is 23.2. The Kier molecular flexibility index (Phi) is 37.0. The fourth-order valence-corrected chi connectivity index (χ4v) is 20.4. The molecule has 138 heavy (non-hydrogen) atoms. The second-order valence-corrected chi connectivity index (χ2v) is 45.0. The van der Waals surface area contributed by atoms with Gasteiger partial charge in [-0.3, -0.25) is 55.7 Å². The van der Waals surface area contributed by atoms with Crippen molar-refractivity contribution < 1.29 is 140 Å². The van der Waals surface area contributed by atoms with Crippen molar-refractivity contribution in [3.8, 4) is 11.6 Å². The fourth-order valence-electron chi connectivity index (χ4n) is 15.2. The average molecular weight is 2040 g/mol. The standard InChI is InChI=1S/C22H32FN6O6P.C21H32FN4O7P.C20H30F2N5O6P.C20H32FN6O6P/c1-12(2)34-21(30)13(3)28-36(8,31)33-9-15-22(5,10-24-6)17(23)20(35-15)29-11-25-16-18(29)26-14(4)27-19(16)32-7;1-12(2)32-20(28)13(3)25-34(6,29)31-9-15-21(4,10-27)17(22)19(33-15)26-11-24-16-14(30-5)7-8-23-18(16)26;1-11(2)32-17(29)12(3)26-34(5,30)31-8-14-19(4,9-28)20(21,22)18(33-14)27-10-25-15-13(23)6-7-24-16(15)27;1-10(2)32-19(29)11(3)26-34(6,30)31-7-13-20(5,8-28)15(21)18(33-13)27-9-23-14-16(22)24-12(4)25-17(14)27/h11-13,15,17,20H,9-10H2,1-5,7-8H3,(H,28,31);7-8,11-13,15,17,19,27H,9-10H2,1-6H3,(H,25,29);6-7,10-12,14,18,28H,8-9H2,1-5H3,(H2,23,24)(H,26,30);9-11,13,15,18,28H,7-8H2,1-6H3,(H,26,30)(H2,22,24,25)/t13-,15+,17?,20+,22-,36?;13-,15+,17?,19+,21-,34?;12-,14+,18+,19-,34?;11-,13+,15?,18+,20-,34?/m0000/s1. The van der Waals surface area contributed by atoms with Gasteiger partial charge >= 0.3 is 29.8 Å². The molecule has 0 aliphatic carbocycles. The number of aryl methyl sites for hydroxylation is 2. The molecule has 23 atom stereocenters. The molecule has 8 aromatic heterocycles. The van der Waals surface area contributed by atoms with Gasteiger partial charge in [0.1, 0.15) is 63.5 Å². The van der Waals surface area contributed by atoms with E-state index in [2.05, 4.69) is 75.0 Å². The number of fused-ring (bicyclic) bond motifs is 4. The number of carbonyl (C=O) groups is 4. The molecule has 4 fully saturated rings. The van der Waals surface area contributed by atoms with Crippen molar-refractivity contribution in [1.82, 2.24) is 88.5 Å². The van der Waals surface area contributed by atoms with Crippen molar-refractivity contribution in [3.63, 3.8) is 0 Å². The highest BCUT2D eigenvalue weighted by molar-refractivity contribution is 7.57. The molecule has 0 amide bonds. The number of hydrogen-bond donors (Lipinski definition) is 9. The Morgan fingerprint density at radius 1 is 0.471 bits per heavy atom. The van der Waals surface area contributed by atoms with E-state index >= 15 is 22.0 Å². The number of aliphatic hydroxyl groups excluding tert-OH is 3. The molecule has 0 spiro atoms. The Balaban J connectivity index is 0.000000206. The molecule has 8 aromatic rings. The SMILES string of the molecule is CC(C)OC(=O)[C@H](C)NP(C)(=O)OC[C@H]1O[C@@H](n2cnc3c(N)ccnc32)C(F)(F)[C@@]1(C)CO.COc1ccnc2c1ncn2[C@@H]1O[C@H](COP(C)(=O)N[C@@H](C)C(=O)OC(C)C)[C@](C)(CO)C1F.Cc1nc(N)c2ncn([C@@H]3O[C@H](COP(C)(=O)N[C@@H](C)C(=O)OC(C)C)[C@](C)(CO)C3F)c2n1.[C-]#[N+]C[C@]1(C)C(F)[C@H](n2cnc3c(OC)nc(C)nc32)O[C@@H]1COP(C)(=O)N[C@@H](C)C(=O)OC(C)C. The van der Waals surface area contributed by atoms with Gasteiger partial charge in [-0.05, 0) is 117 Å². The summed E-state index contributed by atoms with van der Waals surface area (Å²) in [6.07, 6.45) is -7.75. The van der Waals surface area contributed by atoms with Gasteiger partial charge in [0.05, 0.1) is 157 Å². The summed E-state index contributed by atoms with van der Waals surface area (Å²) in [5, 5.41) is 40.4. The van der Waals surface area contributed by atoms with Gasteiger partial charge < -0.3 is 97.1 Å². The summed E-state index contributed by atoms with van der Waals surface area (Å²) in [6, 6.07) is -0.494. The number of carbonyl (C=O) groups excluding carboxylic acids is 4. The lowest BCUT2D eigenvalue weighted by Gasteiger charge is -2.33. The Hall–Kier alpha value is -9.12. The number of nitrogens with two attached hydrogens (primary N) is 2. The molecule has 12 rings (SSSR count). The normalized spacial score (nSPS) is 27.2. The van der Waals surface area contributed by atoms with Crippen molar-refractivity contribution in [2.24, 2.45) is 21.7 Å². The Labute approximate surface area is 793 Å². The van der Waals surface area contributed by atoms with E-state index in [0.29, 0.717) is 50.9 Å². The van der Waals surface area contributed by atoms with E-state index < -0.39 is 200 Å². The van der Waals surface area contributed by atoms with Gasteiger partial charge in [-0.1, -0.05) is 13.8 Å². The van der Waals surface area contributed by atoms with Crippen LogP contribution in [-0.2, 0) is 93.4 Å². The first-order valence-electron chi connectivity index (χ1n) is 43.8. The van der Waals surface area contributed by atoms with Crippen LogP contribution in [0.1, 0.15) is 147 Å². The van der Waals surface area contributed by atoms with Crippen molar-refractivity contribution >= 4 is 110 Å². The predicted octanol–water partition coefficient (Wildman–Crippen LogP) is 9.55. The number of rotatable bonds is 38. The highest BCUT2D eigenvalue weighted by Crippen LogP contribution is 2.58. The van der Waals surface area contributed by atoms with Crippen molar-refractivity contribution in [1.29, 1.82) is 0 Å². The molecular weight excluding hydrogens is 1910 g/mol. The van der Waals surface area contributed by atoms with Crippen LogP contribution in [0.25, 0.3) is 49.5 Å². The zero-order valence-corrected chi connectivity index (χ0v) is 84.7. The largest absolute Gasteiger partial charge is 0.494 e. The number of anilines is 2. The molecule has 46 nitrogen and oxygen atoms in total. The number of imidazole rings is 4. The van der Waals surface area contributed by atoms with Crippen LogP contribution >= 0.6 is 30.1 Å². The number of aromatic nitrogens is 14. The molecule has 0 saturated carbocycles. The van der Waals surface area contributed by atoms with E-state index in [9.17, 15) is 52.8 Å². The highest BCUT2D eigenvalue weighted by Gasteiger charge is 2.68. The van der Waals surface area contributed by atoms with Gasteiger partial charge in [-0.15, -0.1) is 0 Å². The zero-order valence-electron chi connectivity index (χ0n) is 81.1. The maximum absolute atomic E-state index is 15.9. The van der Waals surface area contributed by atoms with Gasteiger partial charge in [-0.2, -0.15) is 4.98 Å². The third kappa shape index (κ3) is 25.5. The number of methoxy groups -OCH3 is 2. The number of halogens is 5. The number of nitrogens with zero attached hydrogens (tertiary/aromatic N) is 15. The third-order valence-corrected chi connectivity index (χ3v) is 29.1. The van der Waals surface area contributed by atoms with Crippen LogP contribution in [0.15, 0.2) is 49.8 Å². The summed E-state index contributed by atoms with van der Waals surface area (Å²) in [7, 11) is -11.2. The topological polar surface area (TPSA) is 580 Å². The first-order chi connectivity index (χ1) is 64.3. The molecule has 4 aliphatic heterocycles. The number of nitrogens with one attached hydrogen (secondary N) is 4. The lowest BCUT2D eigenvalue weighted by atomic mass is 9.80. The molecule has 4 aliphatic rings. The van der Waals surface area contributed by atoms with Gasteiger partial charge in [0.25, 0.3) is 30.1 Å². The van der Waals surface area contributed by atoms with E-state index in [0.717, 1.165) is 17.8 Å².